The van der Waals surface area contributed by atoms with E-state index in [1.807, 2.05) is 19.1 Å². The second-order valence-electron chi connectivity index (χ2n) is 4.42. The predicted octanol–water partition coefficient (Wildman–Crippen LogP) is 3.15. The number of nitrogens with one attached hydrogen (secondary N) is 1. The Hall–Kier alpha value is -1.15. The van der Waals surface area contributed by atoms with Gasteiger partial charge in [0.05, 0.1) is 0 Å². The maximum atomic E-state index is 13.5. The molecule has 0 aromatic heterocycles. The van der Waals surface area contributed by atoms with Gasteiger partial charge in [0.25, 0.3) is 0 Å². The van der Waals surface area contributed by atoms with Gasteiger partial charge in [-0.3, -0.25) is 0 Å². The van der Waals surface area contributed by atoms with Crippen molar-refractivity contribution in [3.8, 4) is 0 Å². The molecule has 0 amide bonds. The third-order valence-corrected chi connectivity index (χ3v) is 3.19. The second kappa shape index (κ2) is 5.26. The van der Waals surface area contributed by atoms with Crippen LogP contribution in [0.3, 0.4) is 0 Å². The van der Waals surface area contributed by atoms with Gasteiger partial charge < -0.3 is 5.32 Å². The van der Waals surface area contributed by atoms with Crippen molar-refractivity contribution in [1.29, 1.82) is 0 Å². The maximum Gasteiger partial charge on any atom is 0.130 e. The molecule has 0 spiro atoms. The SMILES string of the molecule is Cc1cccc(F)c1/C=C/C1CCNCC1. The van der Waals surface area contributed by atoms with Crippen LogP contribution in [0.15, 0.2) is 24.3 Å². The highest BCUT2D eigenvalue weighted by Crippen LogP contribution is 2.18. The Bertz CT molecular complexity index is 358. The molecular weight excluding hydrogens is 201 g/mol. The van der Waals surface area contributed by atoms with E-state index in [1.165, 1.54) is 6.07 Å². The Morgan fingerprint density at radius 3 is 2.75 bits per heavy atom. The average Bonchev–Trinajstić information content (AvgIpc) is 2.30. The minimum atomic E-state index is -0.120. The molecule has 2 heteroatoms. The topological polar surface area (TPSA) is 12.0 Å². The molecule has 0 saturated carbocycles. The highest BCUT2D eigenvalue weighted by Gasteiger charge is 2.09. The van der Waals surface area contributed by atoms with Crippen molar-refractivity contribution in [1.82, 2.24) is 5.32 Å². The third kappa shape index (κ3) is 2.70. The lowest BCUT2D eigenvalue weighted by atomic mass is 9.96. The standard InChI is InChI=1S/C14H18FN/c1-11-3-2-4-14(15)13(11)6-5-12-7-9-16-10-8-12/h2-6,12,16H,7-10H2,1H3/b6-5+. The number of halogens is 1. The summed E-state index contributed by atoms with van der Waals surface area (Å²) >= 11 is 0. The predicted molar refractivity (Wildman–Crippen MR) is 65.8 cm³/mol. The number of hydrogen-bond acceptors (Lipinski definition) is 1. The van der Waals surface area contributed by atoms with Gasteiger partial charge in [-0.15, -0.1) is 0 Å². The molecule has 1 aliphatic heterocycles. The van der Waals surface area contributed by atoms with Crippen LogP contribution in [-0.4, -0.2) is 13.1 Å². The summed E-state index contributed by atoms with van der Waals surface area (Å²) in [6.07, 6.45) is 6.42. The van der Waals surface area contributed by atoms with E-state index in [1.54, 1.807) is 6.07 Å². The molecule has 0 radical (unpaired) electrons. The van der Waals surface area contributed by atoms with Crippen molar-refractivity contribution >= 4 is 6.08 Å². The molecule has 1 aromatic carbocycles. The van der Waals surface area contributed by atoms with E-state index in [0.29, 0.717) is 5.92 Å². The lowest BCUT2D eigenvalue weighted by Crippen LogP contribution is -2.26. The summed E-state index contributed by atoms with van der Waals surface area (Å²) in [4.78, 5) is 0. The number of benzene rings is 1. The monoisotopic (exact) mass is 219 g/mol. The number of hydrogen-bond donors (Lipinski definition) is 1. The van der Waals surface area contributed by atoms with E-state index in [0.717, 1.165) is 37.1 Å². The summed E-state index contributed by atoms with van der Waals surface area (Å²) in [5.41, 5.74) is 1.74. The zero-order chi connectivity index (χ0) is 11.4. The van der Waals surface area contributed by atoms with E-state index in [-0.39, 0.29) is 5.82 Å². The van der Waals surface area contributed by atoms with E-state index in [4.69, 9.17) is 0 Å². The molecule has 86 valence electrons. The number of rotatable bonds is 2. The molecule has 1 saturated heterocycles. The molecule has 0 aliphatic carbocycles. The van der Waals surface area contributed by atoms with Gasteiger partial charge in [-0.05, 0) is 50.4 Å². The van der Waals surface area contributed by atoms with Crippen LogP contribution in [0.25, 0.3) is 6.08 Å². The molecule has 16 heavy (non-hydrogen) atoms. The summed E-state index contributed by atoms with van der Waals surface area (Å²) < 4.78 is 13.5. The largest absolute Gasteiger partial charge is 0.317 e. The smallest absolute Gasteiger partial charge is 0.130 e. The van der Waals surface area contributed by atoms with Gasteiger partial charge in [0.1, 0.15) is 5.82 Å². The molecule has 0 atom stereocenters. The second-order valence-corrected chi connectivity index (χ2v) is 4.42. The van der Waals surface area contributed by atoms with Crippen molar-refractivity contribution < 1.29 is 4.39 Å². The molecule has 1 aromatic rings. The Balaban J connectivity index is 2.10. The van der Waals surface area contributed by atoms with Gasteiger partial charge >= 0.3 is 0 Å². The molecule has 2 rings (SSSR count). The van der Waals surface area contributed by atoms with E-state index >= 15 is 0 Å². The van der Waals surface area contributed by atoms with Crippen LogP contribution < -0.4 is 5.32 Å². The molecule has 1 aliphatic rings. The fraction of sp³-hybridized carbons (Fsp3) is 0.429. The molecule has 0 unspecified atom stereocenters. The van der Waals surface area contributed by atoms with Crippen LogP contribution in [0.2, 0.25) is 0 Å². The van der Waals surface area contributed by atoms with Crippen molar-refractivity contribution in [2.24, 2.45) is 5.92 Å². The summed E-state index contributed by atoms with van der Waals surface area (Å²) in [5.74, 6) is 0.477. The van der Waals surface area contributed by atoms with Crippen molar-refractivity contribution in [3.63, 3.8) is 0 Å². The number of aryl methyl sites for hydroxylation is 1. The quantitative estimate of drug-likeness (QED) is 0.805. The lowest BCUT2D eigenvalue weighted by Gasteiger charge is -2.19. The molecule has 1 fully saturated rings. The fourth-order valence-corrected chi connectivity index (χ4v) is 2.12. The van der Waals surface area contributed by atoms with Gasteiger partial charge in [-0.2, -0.15) is 0 Å². The maximum absolute atomic E-state index is 13.5. The first-order valence-electron chi connectivity index (χ1n) is 5.91. The Labute approximate surface area is 96.4 Å². The minimum Gasteiger partial charge on any atom is -0.317 e. The van der Waals surface area contributed by atoms with Crippen molar-refractivity contribution in [2.45, 2.75) is 19.8 Å². The highest BCUT2D eigenvalue weighted by atomic mass is 19.1. The Morgan fingerprint density at radius 2 is 2.06 bits per heavy atom. The third-order valence-electron chi connectivity index (χ3n) is 3.19. The molecule has 1 N–H and O–H groups in total. The van der Waals surface area contributed by atoms with Crippen LogP contribution in [0.4, 0.5) is 4.39 Å². The van der Waals surface area contributed by atoms with Gasteiger partial charge in [-0.25, -0.2) is 4.39 Å². The molecular formula is C14H18FN. The number of allylic oxidation sites excluding steroid dienone is 1. The Kier molecular flexibility index (Phi) is 3.73. The van der Waals surface area contributed by atoms with Crippen LogP contribution in [-0.2, 0) is 0 Å². The average molecular weight is 219 g/mol. The van der Waals surface area contributed by atoms with Crippen LogP contribution in [0.5, 0.6) is 0 Å². The Morgan fingerprint density at radius 1 is 1.31 bits per heavy atom. The van der Waals surface area contributed by atoms with E-state index < -0.39 is 0 Å². The van der Waals surface area contributed by atoms with Crippen molar-refractivity contribution in [2.75, 3.05) is 13.1 Å². The zero-order valence-electron chi connectivity index (χ0n) is 9.67. The van der Waals surface area contributed by atoms with E-state index in [2.05, 4.69) is 11.4 Å². The fourth-order valence-electron chi connectivity index (χ4n) is 2.12. The lowest BCUT2D eigenvalue weighted by molar-refractivity contribution is 0.437. The van der Waals surface area contributed by atoms with Gasteiger partial charge in [0.2, 0.25) is 0 Å². The van der Waals surface area contributed by atoms with Gasteiger partial charge in [0, 0.05) is 5.56 Å². The normalized spacial score (nSPS) is 18.1. The number of piperidine rings is 1. The van der Waals surface area contributed by atoms with Crippen LogP contribution in [0.1, 0.15) is 24.0 Å². The van der Waals surface area contributed by atoms with Gasteiger partial charge in [-0.1, -0.05) is 24.3 Å². The first-order chi connectivity index (χ1) is 7.77. The molecule has 0 bridgehead atoms. The molecule has 1 heterocycles. The van der Waals surface area contributed by atoms with Crippen molar-refractivity contribution in [3.05, 3.63) is 41.2 Å². The summed E-state index contributed by atoms with van der Waals surface area (Å²) in [6.45, 7) is 4.10. The van der Waals surface area contributed by atoms with Gasteiger partial charge in [0.15, 0.2) is 0 Å². The minimum absolute atomic E-state index is 0.120. The van der Waals surface area contributed by atoms with Crippen LogP contribution in [0, 0.1) is 18.7 Å². The zero-order valence-corrected chi connectivity index (χ0v) is 9.67. The summed E-state index contributed by atoms with van der Waals surface area (Å²) in [5, 5.41) is 3.33. The summed E-state index contributed by atoms with van der Waals surface area (Å²) in [7, 11) is 0. The molecule has 1 nitrogen and oxygen atoms in total. The first kappa shape index (κ1) is 11.3. The first-order valence-corrected chi connectivity index (χ1v) is 5.91. The summed E-state index contributed by atoms with van der Waals surface area (Å²) in [6, 6.07) is 5.23. The van der Waals surface area contributed by atoms with Crippen LogP contribution >= 0.6 is 0 Å². The van der Waals surface area contributed by atoms with E-state index in [9.17, 15) is 4.39 Å². The highest BCUT2D eigenvalue weighted by molar-refractivity contribution is 5.54.